The van der Waals surface area contributed by atoms with Gasteiger partial charge in [0.25, 0.3) is 11.8 Å². The van der Waals surface area contributed by atoms with Crippen LogP contribution in [-0.4, -0.2) is 56.8 Å². The van der Waals surface area contributed by atoms with E-state index >= 15 is 0 Å². The highest BCUT2D eigenvalue weighted by molar-refractivity contribution is 6.99. The molecule has 0 aromatic carbocycles. The van der Waals surface area contributed by atoms with Gasteiger partial charge in [-0.25, -0.2) is 0 Å². The number of fused-ring (bicyclic) bond motifs is 1. The number of rotatable bonds is 4. The fourth-order valence-corrected chi connectivity index (χ4v) is 5.47. The number of carbonyl (C=O) groups is 2. The van der Waals surface area contributed by atoms with Crippen molar-refractivity contribution >= 4 is 23.5 Å². The number of likely N-dealkylation sites (tertiary alicyclic amines) is 1. The molecular weight excluding hydrogens is 368 g/mol. The molecule has 142 valence electrons. The fourth-order valence-electron chi connectivity index (χ4n) is 4.92. The number of nitrogens with zero attached hydrogens (tertiary/aromatic N) is 3. The third kappa shape index (κ3) is 2.60. The maximum absolute atomic E-state index is 12.7. The van der Waals surface area contributed by atoms with E-state index < -0.39 is 0 Å². The first-order valence-electron chi connectivity index (χ1n) is 9.14. The van der Waals surface area contributed by atoms with Crippen LogP contribution in [0.25, 0.3) is 0 Å². The summed E-state index contributed by atoms with van der Waals surface area (Å²) in [4.78, 5) is 26.9. The quantitative estimate of drug-likeness (QED) is 0.852. The number of furan rings is 1. The molecule has 9 heteroatoms. The van der Waals surface area contributed by atoms with Crippen molar-refractivity contribution in [2.75, 3.05) is 19.6 Å². The lowest BCUT2D eigenvalue weighted by atomic mass is 9.73. The third-order valence-corrected chi connectivity index (χ3v) is 6.82. The Balaban J connectivity index is 1.29. The summed E-state index contributed by atoms with van der Waals surface area (Å²) in [6.07, 6.45) is 5.09. The van der Waals surface area contributed by atoms with Crippen molar-refractivity contribution < 1.29 is 18.7 Å². The van der Waals surface area contributed by atoms with Crippen LogP contribution in [0.2, 0.25) is 0 Å². The molecule has 0 unspecified atom stereocenters. The maximum atomic E-state index is 12.7. The lowest BCUT2D eigenvalue weighted by molar-refractivity contribution is 0.00316. The highest BCUT2D eigenvalue weighted by atomic mass is 32.1. The molecular formula is C18H20N4O4S. The predicted molar refractivity (Wildman–Crippen MR) is 95.4 cm³/mol. The molecule has 2 bridgehead atoms. The molecule has 3 fully saturated rings. The number of amides is 2. The average molecular weight is 388 g/mol. The zero-order chi connectivity index (χ0) is 18.6. The first kappa shape index (κ1) is 16.9. The smallest absolute Gasteiger partial charge is 0.272 e. The molecule has 27 heavy (non-hydrogen) atoms. The average Bonchev–Trinajstić information content (AvgIpc) is 3.44. The van der Waals surface area contributed by atoms with Gasteiger partial charge < -0.3 is 19.4 Å². The van der Waals surface area contributed by atoms with Crippen molar-refractivity contribution in [1.29, 1.82) is 0 Å². The minimum atomic E-state index is -0.266. The molecule has 8 nitrogen and oxygen atoms in total. The van der Waals surface area contributed by atoms with E-state index in [4.69, 9.17) is 9.15 Å². The van der Waals surface area contributed by atoms with Gasteiger partial charge in [0.1, 0.15) is 6.26 Å². The molecule has 0 aliphatic carbocycles. The number of nitrogens with one attached hydrogen (secondary N) is 1. The van der Waals surface area contributed by atoms with Gasteiger partial charge in [0.05, 0.1) is 47.5 Å². The number of hydrogen-bond donors (Lipinski definition) is 1. The summed E-state index contributed by atoms with van der Waals surface area (Å²) >= 11 is 1.04. The normalized spacial score (nSPS) is 31.3. The largest absolute Gasteiger partial charge is 0.472 e. The van der Waals surface area contributed by atoms with Gasteiger partial charge in [0.2, 0.25) is 0 Å². The van der Waals surface area contributed by atoms with Crippen LogP contribution in [0, 0.1) is 18.8 Å². The lowest BCUT2D eigenvalue weighted by Gasteiger charge is -2.29. The van der Waals surface area contributed by atoms with Crippen molar-refractivity contribution in [2.45, 2.75) is 31.5 Å². The van der Waals surface area contributed by atoms with Gasteiger partial charge in [-0.05, 0) is 25.8 Å². The summed E-state index contributed by atoms with van der Waals surface area (Å²) in [6.45, 7) is 3.57. The minimum absolute atomic E-state index is 0.0217. The monoisotopic (exact) mass is 388 g/mol. The molecule has 0 radical (unpaired) electrons. The number of ether oxygens (including phenoxy) is 1. The summed E-state index contributed by atoms with van der Waals surface area (Å²) in [6, 6.07) is 1.69. The van der Waals surface area contributed by atoms with E-state index in [1.807, 2.05) is 4.90 Å². The molecule has 2 amide bonds. The highest BCUT2D eigenvalue weighted by Gasteiger charge is 2.63. The standard InChI is InChI=1S/C18H20N4O4S/c1-10-15(21-27-20-10)16(23)19-6-12-13-7-22(17(24)11-3-5-25-8-11)9-18(13)4-2-14(12)26-18/h3,5,8,12-14H,2,4,6-7,9H2,1H3,(H,19,23)/t12-,13+,14+,18+/m0/s1. The predicted octanol–water partition coefficient (Wildman–Crippen LogP) is 1.49. The third-order valence-electron chi connectivity index (χ3n) is 6.21. The van der Waals surface area contributed by atoms with E-state index in [0.717, 1.165) is 24.6 Å². The topological polar surface area (TPSA) is 97.6 Å². The Morgan fingerprint density at radius 1 is 1.44 bits per heavy atom. The molecule has 4 atom stereocenters. The number of aryl methyl sites for hydroxylation is 1. The minimum Gasteiger partial charge on any atom is -0.472 e. The Hall–Kier alpha value is -2.26. The second-order valence-electron chi connectivity index (χ2n) is 7.64. The van der Waals surface area contributed by atoms with E-state index in [1.54, 1.807) is 13.0 Å². The van der Waals surface area contributed by atoms with Crippen LogP contribution in [0.3, 0.4) is 0 Å². The van der Waals surface area contributed by atoms with Crippen LogP contribution in [0.4, 0.5) is 0 Å². The second kappa shape index (κ2) is 6.13. The van der Waals surface area contributed by atoms with Crippen LogP contribution in [0.1, 0.15) is 39.4 Å². The van der Waals surface area contributed by atoms with Crippen molar-refractivity contribution in [1.82, 2.24) is 19.0 Å². The van der Waals surface area contributed by atoms with Crippen LogP contribution < -0.4 is 5.32 Å². The Morgan fingerprint density at radius 3 is 3.07 bits per heavy atom. The summed E-state index contributed by atoms with van der Waals surface area (Å²) in [5.41, 5.74) is 1.34. The molecule has 2 aromatic rings. The lowest BCUT2D eigenvalue weighted by Crippen LogP contribution is -2.42. The number of carbonyl (C=O) groups excluding carboxylic acids is 2. The van der Waals surface area contributed by atoms with E-state index in [2.05, 4.69) is 14.1 Å². The van der Waals surface area contributed by atoms with E-state index in [0.29, 0.717) is 36.6 Å². The van der Waals surface area contributed by atoms with Gasteiger partial charge in [0, 0.05) is 24.9 Å². The first-order chi connectivity index (χ1) is 13.1. The molecule has 1 spiro atoms. The van der Waals surface area contributed by atoms with Gasteiger partial charge in [-0.2, -0.15) is 8.75 Å². The van der Waals surface area contributed by atoms with Gasteiger partial charge in [-0.1, -0.05) is 0 Å². The molecule has 0 saturated carbocycles. The first-order valence-corrected chi connectivity index (χ1v) is 9.87. The zero-order valence-corrected chi connectivity index (χ0v) is 15.7. The van der Waals surface area contributed by atoms with Crippen molar-refractivity contribution in [3.8, 4) is 0 Å². The Bertz CT molecular complexity index is 882. The molecule has 5 heterocycles. The van der Waals surface area contributed by atoms with Gasteiger partial charge in [0.15, 0.2) is 5.69 Å². The molecule has 5 rings (SSSR count). The SMILES string of the molecule is Cc1nsnc1C(=O)NC[C@H]1[C@H]2CN(C(=O)c3ccoc3)C[C@]23CC[C@H]1O3. The van der Waals surface area contributed by atoms with Gasteiger partial charge in [-0.15, -0.1) is 0 Å². The van der Waals surface area contributed by atoms with Gasteiger partial charge >= 0.3 is 0 Å². The zero-order valence-electron chi connectivity index (χ0n) is 14.9. The van der Waals surface area contributed by atoms with Gasteiger partial charge in [-0.3, -0.25) is 9.59 Å². The molecule has 2 aromatic heterocycles. The summed E-state index contributed by atoms with van der Waals surface area (Å²) in [5, 5.41) is 3.00. The van der Waals surface area contributed by atoms with Crippen LogP contribution in [0.5, 0.6) is 0 Å². The molecule has 3 saturated heterocycles. The van der Waals surface area contributed by atoms with E-state index in [-0.39, 0.29) is 35.4 Å². The van der Waals surface area contributed by atoms with Crippen LogP contribution in [-0.2, 0) is 4.74 Å². The number of hydrogen-bond acceptors (Lipinski definition) is 7. The molecule has 1 N–H and O–H groups in total. The van der Waals surface area contributed by atoms with Crippen molar-refractivity contribution in [3.05, 3.63) is 35.5 Å². The highest BCUT2D eigenvalue weighted by Crippen LogP contribution is 2.54. The van der Waals surface area contributed by atoms with E-state index in [9.17, 15) is 9.59 Å². The Labute approximate surface area is 160 Å². The Kier molecular flexibility index (Phi) is 3.83. The van der Waals surface area contributed by atoms with E-state index in [1.165, 1.54) is 12.5 Å². The summed E-state index contributed by atoms with van der Waals surface area (Å²) in [7, 11) is 0. The molecule has 3 aliphatic heterocycles. The fraction of sp³-hybridized carbons (Fsp3) is 0.556. The van der Waals surface area contributed by atoms with Crippen molar-refractivity contribution in [3.63, 3.8) is 0 Å². The summed E-state index contributed by atoms with van der Waals surface area (Å²) < 4.78 is 19.5. The Morgan fingerprint density at radius 2 is 2.33 bits per heavy atom. The van der Waals surface area contributed by atoms with Crippen LogP contribution in [0.15, 0.2) is 23.0 Å². The maximum Gasteiger partial charge on any atom is 0.272 e. The molecule has 3 aliphatic rings. The second-order valence-corrected chi connectivity index (χ2v) is 8.16. The van der Waals surface area contributed by atoms with Crippen LogP contribution >= 0.6 is 11.7 Å². The van der Waals surface area contributed by atoms with Crippen molar-refractivity contribution in [2.24, 2.45) is 11.8 Å². The summed E-state index contributed by atoms with van der Waals surface area (Å²) in [5.74, 6) is 0.229. The number of aromatic nitrogens is 2.